The summed E-state index contributed by atoms with van der Waals surface area (Å²) in [4.78, 5) is 64.5. The molecule has 7 atom stereocenters. The van der Waals surface area contributed by atoms with E-state index in [1.54, 1.807) is 0 Å². The van der Waals surface area contributed by atoms with Crippen LogP contribution >= 0.6 is 0 Å². The molecule has 3 amide bonds. The van der Waals surface area contributed by atoms with Crippen LogP contribution < -0.4 is 5.32 Å². The molecule has 2 aromatic heterocycles. The minimum absolute atomic E-state index is 0.0750. The van der Waals surface area contributed by atoms with Crippen molar-refractivity contribution in [2.45, 2.75) is 95.9 Å². The highest BCUT2D eigenvalue weighted by atomic mass is 16.5. The molecule has 3 N–H and O–H groups in total. The Labute approximate surface area is 368 Å². The van der Waals surface area contributed by atoms with Gasteiger partial charge in [0, 0.05) is 18.2 Å². The van der Waals surface area contributed by atoms with Crippen LogP contribution in [0.4, 0.5) is 4.79 Å². The molecule has 0 unspecified atom stereocenters. The second-order valence-corrected chi connectivity index (χ2v) is 18.8. The first-order valence-electron chi connectivity index (χ1n) is 23.0. The summed E-state index contributed by atoms with van der Waals surface area (Å²) in [6.07, 6.45) is 8.62. The highest BCUT2D eigenvalue weighted by molar-refractivity contribution is 5.92. The molecule has 4 fully saturated rings. The number of aromatic amines is 2. The maximum absolute atomic E-state index is 14.9. The van der Waals surface area contributed by atoms with Crippen LogP contribution in [0.25, 0.3) is 44.2 Å². The third-order valence-corrected chi connectivity index (χ3v) is 14.3. The van der Waals surface area contributed by atoms with Gasteiger partial charge in [-0.3, -0.25) is 14.5 Å². The summed E-state index contributed by atoms with van der Waals surface area (Å²) in [5.74, 6) is 2.41. The van der Waals surface area contributed by atoms with Crippen molar-refractivity contribution in [3.8, 4) is 22.4 Å². The molecule has 4 aliphatic rings. The fourth-order valence-electron chi connectivity index (χ4n) is 11.2. The van der Waals surface area contributed by atoms with Crippen LogP contribution in [-0.4, -0.2) is 91.4 Å². The van der Waals surface area contributed by atoms with Crippen molar-refractivity contribution in [3.05, 3.63) is 108 Å². The molecule has 4 aromatic carbocycles. The van der Waals surface area contributed by atoms with Gasteiger partial charge in [0.05, 0.1) is 42.1 Å². The zero-order valence-electron chi connectivity index (χ0n) is 36.7. The number of likely N-dealkylation sites (tertiary alicyclic amines) is 3. The van der Waals surface area contributed by atoms with Gasteiger partial charge in [0.15, 0.2) is 0 Å². The van der Waals surface area contributed by atoms with Gasteiger partial charge in [-0.15, -0.1) is 0 Å². The number of H-pyrrole nitrogens is 2. The largest absolute Gasteiger partial charge is 0.453 e. The van der Waals surface area contributed by atoms with Crippen LogP contribution in [0.3, 0.4) is 0 Å². The van der Waals surface area contributed by atoms with Gasteiger partial charge in [-0.2, -0.15) is 0 Å². The smallest absolute Gasteiger partial charge is 0.407 e. The third-order valence-electron chi connectivity index (χ3n) is 14.3. The van der Waals surface area contributed by atoms with E-state index in [-0.39, 0.29) is 47.8 Å². The summed E-state index contributed by atoms with van der Waals surface area (Å²) in [6, 6.07) is 28.8. The summed E-state index contributed by atoms with van der Waals surface area (Å²) >= 11 is 0. The zero-order valence-corrected chi connectivity index (χ0v) is 36.7. The number of fused-ring (bicyclic) bond motifs is 3. The average Bonchev–Trinajstić information content (AvgIpc) is 4.16. The lowest BCUT2D eigenvalue weighted by Crippen LogP contribution is -2.51. The molecule has 5 heterocycles. The number of hydrogen-bond acceptors (Lipinski definition) is 7. The van der Waals surface area contributed by atoms with Gasteiger partial charge in [-0.25, -0.2) is 14.8 Å². The van der Waals surface area contributed by atoms with E-state index in [9.17, 15) is 14.4 Å². The molecule has 0 bridgehead atoms. The molecule has 1 aliphatic carbocycles. The van der Waals surface area contributed by atoms with Crippen molar-refractivity contribution in [2.24, 2.45) is 17.8 Å². The minimum Gasteiger partial charge on any atom is -0.453 e. The highest BCUT2D eigenvalue weighted by Crippen LogP contribution is 2.49. The predicted octanol–water partition coefficient (Wildman–Crippen LogP) is 9.34. The van der Waals surface area contributed by atoms with Crippen molar-refractivity contribution in [1.82, 2.24) is 40.0 Å². The van der Waals surface area contributed by atoms with E-state index in [1.807, 2.05) is 31.0 Å². The molecule has 0 radical (unpaired) electrons. The molecule has 1 saturated carbocycles. The molecule has 6 aromatic rings. The summed E-state index contributed by atoms with van der Waals surface area (Å²) in [6.45, 7) is 8.48. The van der Waals surface area contributed by atoms with Crippen LogP contribution in [0.5, 0.6) is 0 Å². The van der Waals surface area contributed by atoms with Gasteiger partial charge in [-0.1, -0.05) is 87.9 Å². The van der Waals surface area contributed by atoms with Gasteiger partial charge in [0.2, 0.25) is 11.8 Å². The average molecular weight is 847 g/mol. The standard InChI is InChI=1S/C51H58N8O4/c1-30(2)45(56-51(62)63-4)49(60)58-29-31(3)23-43(58)47-52-28-41(55-47)37-18-17-33-24-34(15-16-35(33)25-37)36-19-20-39-40(26-36)54-48(53-39)44-27-38-13-10-14-42(38)59(44)50(61)46(57-21-8-9-22-57)32-11-6-5-7-12-32/h5-7,11-12,15-20,24-26,28,30-31,38,42-46H,8-10,13-14,21-23,27,29H2,1-4H3,(H,52,55)(H,53,54)(H,56,62)/t31-,38-,42-,43-,44-,45-,46+/m0/s1. The predicted molar refractivity (Wildman–Crippen MR) is 244 cm³/mol. The Morgan fingerprint density at radius 1 is 0.794 bits per heavy atom. The number of amides is 3. The SMILES string of the molecule is COC(=O)N[C@H](C(=O)N1C[C@@H](C)C[C@H]1c1ncc(-c2ccc3cc(-c4ccc5nc([C@@H]6C[C@@H]7CCC[C@@H]7N6C(=O)[C@@H](c6ccccc6)N6CCCC6)[nH]c5c4)ccc3c2)[nH]1)C(C)C. The molecular weight excluding hydrogens is 789 g/mol. The maximum Gasteiger partial charge on any atom is 0.407 e. The lowest BCUT2D eigenvalue weighted by molar-refractivity contribution is -0.140. The Morgan fingerprint density at radius 3 is 2.29 bits per heavy atom. The number of carbonyl (C=O) groups is 3. The minimum atomic E-state index is -0.693. The van der Waals surface area contributed by atoms with E-state index < -0.39 is 12.1 Å². The first-order chi connectivity index (χ1) is 30.6. The first-order valence-corrected chi connectivity index (χ1v) is 23.0. The van der Waals surface area contributed by atoms with Crippen LogP contribution in [0, 0.1) is 17.8 Å². The quantitative estimate of drug-likeness (QED) is 0.125. The molecule has 12 heteroatoms. The monoisotopic (exact) mass is 846 g/mol. The normalized spacial score (nSPS) is 23.5. The summed E-state index contributed by atoms with van der Waals surface area (Å²) in [7, 11) is 1.31. The zero-order chi connectivity index (χ0) is 43.4. The first kappa shape index (κ1) is 41.0. The number of hydrogen-bond donors (Lipinski definition) is 3. The second kappa shape index (κ2) is 16.9. The van der Waals surface area contributed by atoms with Crippen LogP contribution in [0.1, 0.15) is 101 Å². The summed E-state index contributed by atoms with van der Waals surface area (Å²) in [5, 5.41) is 4.97. The number of imidazole rings is 2. The van der Waals surface area contributed by atoms with Gasteiger partial charge in [0.1, 0.15) is 23.7 Å². The summed E-state index contributed by atoms with van der Waals surface area (Å²) < 4.78 is 4.81. The van der Waals surface area contributed by atoms with E-state index >= 15 is 0 Å². The lowest BCUT2D eigenvalue weighted by atomic mass is 9.99. The number of nitrogens with zero attached hydrogens (tertiary/aromatic N) is 5. The number of aromatic nitrogens is 4. The van der Waals surface area contributed by atoms with Crippen molar-refractivity contribution in [2.75, 3.05) is 26.7 Å². The van der Waals surface area contributed by atoms with Crippen LogP contribution in [0.15, 0.2) is 91.1 Å². The lowest BCUT2D eigenvalue weighted by Gasteiger charge is -2.36. The Morgan fingerprint density at radius 2 is 1.52 bits per heavy atom. The van der Waals surface area contributed by atoms with Gasteiger partial charge in [-0.05, 0) is 121 Å². The van der Waals surface area contributed by atoms with E-state index in [2.05, 4.69) is 111 Å². The van der Waals surface area contributed by atoms with Crippen LogP contribution in [-0.2, 0) is 14.3 Å². The molecule has 63 heavy (non-hydrogen) atoms. The summed E-state index contributed by atoms with van der Waals surface area (Å²) in [5.41, 5.74) is 7.09. The number of methoxy groups -OCH3 is 1. The molecule has 3 saturated heterocycles. The topological polar surface area (TPSA) is 140 Å². The highest BCUT2D eigenvalue weighted by Gasteiger charge is 2.50. The number of rotatable bonds is 10. The molecule has 0 spiro atoms. The number of benzene rings is 4. The Balaban J connectivity index is 0.882. The third kappa shape index (κ3) is 7.76. The van der Waals surface area contributed by atoms with Crippen LogP contribution in [0.2, 0.25) is 0 Å². The van der Waals surface area contributed by atoms with E-state index in [0.29, 0.717) is 12.5 Å². The second-order valence-electron chi connectivity index (χ2n) is 18.8. The number of carbonyl (C=O) groups excluding carboxylic acids is 3. The van der Waals surface area contributed by atoms with Crippen molar-refractivity contribution in [1.29, 1.82) is 0 Å². The number of ether oxygens (including phenoxy) is 1. The van der Waals surface area contributed by atoms with Crippen molar-refractivity contribution < 1.29 is 19.1 Å². The van der Waals surface area contributed by atoms with E-state index in [4.69, 9.17) is 14.7 Å². The van der Waals surface area contributed by atoms with Crippen molar-refractivity contribution in [3.63, 3.8) is 0 Å². The fraction of sp³-hybridized carbons (Fsp3) is 0.431. The van der Waals surface area contributed by atoms with Crippen molar-refractivity contribution >= 4 is 39.7 Å². The molecule has 3 aliphatic heterocycles. The molecule has 12 nitrogen and oxygen atoms in total. The van der Waals surface area contributed by atoms with Gasteiger partial charge < -0.3 is 29.8 Å². The number of nitrogens with one attached hydrogen (secondary N) is 3. The molecular formula is C51H58N8O4. The van der Waals surface area contributed by atoms with Gasteiger partial charge in [0.25, 0.3) is 0 Å². The van der Waals surface area contributed by atoms with Gasteiger partial charge >= 0.3 is 6.09 Å². The van der Waals surface area contributed by atoms with E-state index in [0.717, 1.165) is 107 Å². The Kier molecular flexibility index (Phi) is 11.0. The van der Waals surface area contributed by atoms with E-state index in [1.165, 1.54) is 20.0 Å². The Hall–Kier alpha value is -6.01. The Bertz CT molecular complexity index is 2650. The number of alkyl carbamates (subject to hydrolysis) is 1. The maximum atomic E-state index is 14.9. The fourth-order valence-corrected chi connectivity index (χ4v) is 11.2. The molecule has 10 rings (SSSR count). The molecule has 326 valence electrons.